The third-order valence-electron chi connectivity index (χ3n) is 3.15. The highest BCUT2D eigenvalue weighted by molar-refractivity contribution is 5.54. The molecule has 0 aliphatic rings. The maximum Gasteiger partial charge on any atom is 0.226 e. The molecule has 19 heavy (non-hydrogen) atoms. The van der Waals surface area contributed by atoms with Gasteiger partial charge in [0.05, 0.1) is 0 Å². The van der Waals surface area contributed by atoms with Gasteiger partial charge in [-0.25, -0.2) is 4.39 Å². The molecule has 2 aromatic rings. The van der Waals surface area contributed by atoms with Gasteiger partial charge in [-0.1, -0.05) is 24.2 Å². The second-order valence-corrected chi connectivity index (χ2v) is 4.86. The summed E-state index contributed by atoms with van der Waals surface area (Å²) in [6.07, 6.45) is 1.60. The summed E-state index contributed by atoms with van der Waals surface area (Å²) in [5.74, 6) is 1.15. The molecule has 102 valence electrons. The molecule has 0 bridgehead atoms. The zero-order valence-electron chi connectivity index (χ0n) is 11.2. The summed E-state index contributed by atoms with van der Waals surface area (Å²) in [6.45, 7) is 4.44. The van der Waals surface area contributed by atoms with E-state index in [2.05, 4.69) is 17.1 Å². The predicted molar refractivity (Wildman–Crippen MR) is 71.0 cm³/mol. The van der Waals surface area contributed by atoms with Gasteiger partial charge in [0.25, 0.3) is 0 Å². The molecular formula is C14H18FN3O. The molecule has 2 rings (SSSR count). The second-order valence-electron chi connectivity index (χ2n) is 4.86. The Morgan fingerprint density at radius 1 is 1.42 bits per heavy atom. The Morgan fingerprint density at radius 2 is 2.21 bits per heavy atom. The maximum absolute atomic E-state index is 13.5. The van der Waals surface area contributed by atoms with E-state index in [-0.39, 0.29) is 5.82 Å². The summed E-state index contributed by atoms with van der Waals surface area (Å²) >= 11 is 0. The molecule has 4 nitrogen and oxygen atoms in total. The van der Waals surface area contributed by atoms with Gasteiger partial charge in [-0.3, -0.25) is 0 Å². The first-order valence-corrected chi connectivity index (χ1v) is 6.39. The third-order valence-corrected chi connectivity index (χ3v) is 3.15. The number of rotatable bonds is 5. The molecule has 0 radical (unpaired) electrons. The number of hydrogen-bond donors (Lipinski definition) is 1. The van der Waals surface area contributed by atoms with Gasteiger partial charge in [-0.2, -0.15) is 4.98 Å². The molecule has 0 aliphatic carbocycles. The van der Waals surface area contributed by atoms with Crippen molar-refractivity contribution in [3.63, 3.8) is 0 Å². The summed E-state index contributed by atoms with van der Waals surface area (Å²) in [4.78, 5) is 4.27. The summed E-state index contributed by atoms with van der Waals surface area (Å²) < 4.78 is 18.6. The lowest BCUT2D eigenvalue weighted by molar-refractivity contribution is 0.366. The fraction of sp³-hybridized carbons (Fsp3) is 0.429. The van der Waals surface area contributed by atoms with Crippen molar-refractivity contribution in [3.05, 3.63) is 35.5 Å². The second kappa shape index (κ2) is 5.93. The van der Waals surface area contributed by atoms with Crippen LogP contribution in [0.5, 0.6) is 0 Å². The van der Waals surface area contributed by atoms with E-state index in [0.717, 1.165) is 6.42 Å². The fourth-order valence-electron chi connectivity index (χ4n) is 1.69. The van der Waals surface area contributed by atoms with Crippen molar-refractivity contribution < 1.29 is 8.91 Å². The van der Waals surface area contributed by atoms with Crippen LogP contribution in [0.2, 0.25) is 0 Å². The van der Waals surface area contributed by atoms with Gasteiger partial charge in [0.2, 0.25) is 11.7 Å². The molecular weight excluding hydrogens is 245 g/mol. The largest absolute Gasteiger partial charge is 0.339 e. The lowest BCUT2D eigenvalue weighted by Crippen LogP contribution is -2.11. The van der Waals surface area contributed by atoms with Crippen LogP contribution in [0.3, 0.4) is 0 Å². The van der Waals surface area contributed by atoms with E-state index >= 15 is 0 Å². The van der Waals surface area contributed by atoms with Crippen molar-refractivity contribution in [2.45, 2.75) is 26.7 Å². The SMILES string of the molecule is Cc1ccc(-c2noc(CCC(C)CN)n2)cc1F. The molecule has 1 unspecified atom stereocenters. The van der Waals surface area contributed by atoms with Crippen molar-refractivity contribution in [2.75, 3.05) is 6.54 Å². The average molecular weight is 263 g/mol. The first-order chi connectivity index (χ1) is 9.10. The third kappa shape index (κ3) is 3.38. The van der Waals surface area contributed by atoms with Gasteiger partial charge >= 0.3 is 0 Å². The molecule has 1 aromatic heterocycles. The van der Waals surface area contributed by atoms with E-state index in [1.54, 1.807) is 19.1 Å². The van der Waals surface area contributed by atoms with Crippen LogP contribution in [0.15, 0.2) is 22.7 Å². The number of nitrogens with zero attached hydrogens (tertiary/aromatic N) is 2. The lowest BCUT2D eigenvalue weighted by Gasteiger charge is -2.03. The molecule has 1 atom stereocenters. The Hall–Kier alpha value is -1.75. The van der Waals surface area contributed by atoms with Crippen molar-refractivity contribution >= 4 is 0 Å². The molecule has 0 fully saturated rings. The highest BCUT2D eigenvalue weighted by atomic mass is 19.1. The Kier molecular flexibility index (Phi) is 4.27. The Bertz CT molecular complexity index is 553. The minimum absolute atomic E-state index is 0.263. The van der Waals surface area contributed by atoms with Gasteiger partial charge in [0, 0.05) is 12.0 Å². The standard InChI is InChI=1S/C14H18FN3O/c1-9(8-16)3-6-13-17-14(18-19-13)11-5-4-10(2)12(15)7-11/h4-5,7,9H,3,6,8,16H2,1-2H3. The van der Waals surface area contributed by atoms with Crippen molar-refractivity contribution in [1.29, 1.82) is 0 Å². The van der Waals surface area contributed by atoms with Crippen LogP contribution in [-0.2, 0) is 6.42 Å². The van der Waals surface area contributed by atoms with Crippen LogP contribution in [0.1, 0.15) is 24.8 Å². The van der Waals surface area contributed by atoms with Gasteiger partial charge in [0.1, 0.15) is 5.82 Å². The monoisotopic (exact) mass is 263 g/mol. The summed E-state index contributed by atoms with van der Waals surface area (Å²) in [6, 6.07) is 4.92. The van der Waals surface area contributed by atoms with Crippen LogP contribution in [-0.4, -0.2) is 16.7 Å². The minimum Gasteiger partial charge on any atom is -0.339 e. The first kappa shape index (κ1) is 13.7. The Morgan fingerprint density at radius 3 is 2.89 bits per heavy atom. The van der Waals surface area contributed by atoms with E-state index in [1.807, 2.05) is 0 Å². The van der Waals surface area contributed by atoms with Crippen LogP contribution in [0.4, 0.5) is 4.39 Å². The molecule has 0 aliphatic heterocycles. The number of nitrogens with two attached hydrogens (primary N) is 1. The minimum atomic E-state index is -0.263. The van der Waals surface area contributed by atoms with Gasteiger partial charge < -0.3 is 10.3 Å². The number of aromatic nitrogens is 2. The van der Waals surface area contributed by atoms with Crippen LogP contribution < -0.4 is 5.73 Å². The lowest BCUT2D eigenvalue weighted by atomic mass is 10.1. The number of hydrogen-bond acceptors (Lipinski definition) is 4. The fourth-order valence-corrected chi connectivity index (χ4v) is 1.69. The highest BCUT2D eigenvalue weighted by Gasteiger charge is 2.11. The van der Waals surface area contributed by atoms with Crippen molar-refractivity contribution in [2.24, 2.45) is 11.7 Å². The highest BCUT2D eigenvalue weighted by Crippen LogP contribution is 2.19. The average Bonchev–Trinajstić information content (AvgIpc) is 2.88. The van der Waals surface area contributed by atoms with Crippen molar-refractivity contribution in [1.82, 2.24) is 10.1 Å². The number of halogens is 1. The van der Waals surface area contributed by atoms with E-state index in [1.165, 1.54) is 6.07 Å². The quantitative estimate of drug-likeness (QED) is 0.900. The summed E-state index contributed by atoms with van der Waals surface area (Å²) in [5.41, 5.74) is 6.79. The van der Waals surface area contributed by atoms with Crippen LogP contribution in [0.25, 0.3) is 11.4 Å². The Labute approximate surface area is 111 Å². The Balaban J connectivity index is 2.09. The molecule has 0 spiro atoms. The topological polar surface area (TPSA) is 64.9 Å². The van der Waals surface area contributed by atoms with E-state index < -0.39 is 0 Å². The molecule has 1 heterocycles. The van der Waals surface area contributed by atoms with E-state index in [0.29, 0.717) is 41.7 Å². The van der Waals surface area contributed by atoms with Gasteiger partial charge in [-0.15, -0.1) is 0 Å². The molecule has 0 saturated heterocycles. The summed E-state index contributed by atoms with van der Waals surface area (Å²) in [5, 5.41) is 3.88. The molecule has 0 amide bonds. The van der Waals surface area contributed by atoms with Gasteiger partial charge in [-0.05, 0) is 37.4 Å². The number of benzene rings is 1. The molecule has 0 saturated carbocycles. The summed E-state index contributed by atoms with van der Waals surface area (Å²) in [7, 11) is 0. The zero-order valence-corrected chi connectivity index (χ0v) is 11.2. The smallest absolute Gasteiger partial charge is 0.226 e. The molecule has 2 N–H and O–H groups in total. The van der Waals surface area contributed by atoms with Crippen LogP contribution in [0, 0.1) is 18.7 Å². The zero-order chi connectivity index (χ0) is 13.8. The van der Waals surface area contributed by atoms with Gasteiger partial charge in [0.15, 0.2) is 0 Å². The first-order valence-electron chi connectivity index (χ1n) is 6.39. The molecule has 1 aromatic carbocycles. The predicted octanol–water partition coefficient (Wildman–Crippen LogP) is 2.71. The molecule has 5 heteroatoms. The van der Waals surface area contributed by atoms with E-state index in [9.17, 15) is 4.39 Å². The van der Waals surface area contributed by atoms with E-state index in [4.69, 9.17) is 10.3 Å². The number of aryl methyl sites for hydroxylation is 2. The normalized spacial score (nSPS) is 12.6. The van der Waals surface area contributed by atoms with Crippen molar-refractivity contribution in [3.8, 4) is 11.4 Å². The maximum atomic E-state index is 13.5. The van der Waals surface area contributed by atoms with Crippen LogP contribution >= 0.6 is 0 Å².